The molecule has 0 bridgehead atoms. The third kappa shape index (κ3) is 3.34. The van der Waals surface area contributed by atoms with Crippen LogP contribution in [0.15, 0.2) is 59.1 Å². The van der Waals surface area contributed by atoms with Crippen molar-refractivity contribution in [2.24, 2.45) is 0 Å². The second-order valence-electron chi connectivity index (χ2n) is 4.71. The molecule has 2 aromatic carbocycles. The van der Waals surface area contributed by atoms with Gasteiger partial charge in [-0.3, -0.25) is 0 Å². The number of fused-ring (bicyclic) bond motifs is 1. The summed E-state index contributed by atoms with van der Waals surface area (Å²) in [4.78, 5) is 4.44. The summed E-state index contributed by atoms with van der Waals surface area (Å²) in [5, 5.41) is 5.37. The van der Waals surface area contributed by atoms with Crippen molar-refractivity contribution in [3.63, 3.8) is 0 Å². The van der Waals surface area contributed by atoms with Gasteiger partial charge in [-0.1, -0.05) is 34.1 Å². The van der Waals surface area contributed by atoms with Gasteiger partial charge in [0.15, 0.2) is 0 Å². The Kier molecular flexibility index (Phi) is 4.06. The number of hydrogen-bond donors (Lipinski definition) is 1. The van der Waals surface area contributed by atoms with Crippen LogP contribution in [0.25, 0.3) is 10.8 Å². The van der Waals surface area contributed by atoms with Gasteiger partial charge in [-0.25, -0.2) is 4.98 Å². The van der Waals surface area contributed by atoms with E-state index in [1.807, 2.05) is 43.4 Å². The van der Waals surface area contributed by atoms with Gasteiger partial charge in [-0.15, -0.1) is 0 Å². The minimum Gasteiger partial charge on any atom is -0.487 e. The number of nitrogens with one attached hydrogen (secondary N) is 1. The highest BCUT2D eigenvalue weighted by Crippen LogP contribution is 2.24. The molecule has 3 nitrogen and oxygen atoms in total. The first-order valence-corrected chi connectivity index (χ1v) is 7.50. The van der Waals surface area contributed by atoms with E-state index in [-0.39, 0.29) is 0 Å². The van der Waals surface area contributed by atoms with E-state index >= 15 is 0 Å². The summed E-state index contributed by atoms with van der Waals surface area (Å²) in [6.07, 6.45) is 0. The summed E-state index contributed by atoms with van der Waals surface area (Å²) >= 11 is 3.48. The molecule has 0 amide bonds. The predicted molar refractivity (Wildman–Crippen MR) is 89.8 cm³/mol. The molecule has 0 aliphatic carbocycles. The van der Waals surface area contributed by atoms with Gasteiger partial charge < -0.3 is 10.1 Å². The van der Waals surface area contributed by atoms with Crippen LogP contribution in [0, 0.1) is 0 Å². The van der Waals surface area contributed by atoms with Crippen molar-refractivity contribution in [2.75, 3.05) is 12.4 Å². The van der Waals surface area contributed by atoms with Crippen LogP contribution in [-0.2, 0) is 6.61 Å². The van der Waals surface area contributed by atoms with Gasteiger partial charge in [0.25, 0.3) is 0 Å². The molecule has 1 aromatic heterocycles. The minimum atomic E-state index is 0.456. The van der Waals surface area contributed by atoms with E-state index in [0.29, 0.717) is 6.61 Å². The lowest BCUT2D eigenvalue weighted by Crippen LogP contribution is -2.00. The minimum absolute atomic E-state index is 0.456. The molecule has 0 atom stereocenters. The number of rotatable bonds is 4. The maximum absolute atomic E-state index is 5.83. The third-order valence-electron chi connectivity index (χ3n) is 3.22. The third-order valence-corrected chi connectivity index (χ3v) is 3.72. The van der Waals surface area contributed by atoms with E-state index in [2.05, 4.69) is 44.4 Å². The molecule has 0 unspecified atom stereocenters. The number of pyridine rings is 1. The van der Waals surface area contributed by atoms with Crippen molar-refractivity contribution < 1.29 is 4.74 Å². The van der Waals surface area contributed by atoms with Gasteiger partial charge >= 0.3 is 0 Å². The van der Waals surface area contributed by atoms with E-state index in [4.69, 9.17) is 4.74 Å². The van der Waals surface area contributed by atoms with Gasteiger partial charge in [0.05, 0.1) is 5.69 Å². The summed E-state index contributed by atoms with van der Waals surface area (Å²) < 4.78 is 6.91. The van der Waals surface area contributed by atoms with Gasteiger partial charge in [-0.05, 0) is 47.2 Å². The average molecular weight is 343 g/mol. The number of benzene rings is 2. The molecule has 3 rings (SSSR count). The molecule has 0 spiro atoms. The fourth-order valence-corrected chi connectivity index (χ4v) is 2.52. The van der Waals surface area contributed by atoms with Crippen LogP contribution in [0.2, 0.25) is 0 Å². The number of anilines is 1. The molecule has 0 radical (unpaired) electrons. The Morgan fingerprint density at radius 3 is 2.71 bits per heavy atom. The molecule has 0 saturated heterocycles. The Labute approximate surface area is 132 Å². The zero-order chi connectivity index (χ0) is 14.7. The second kappa shape index (κ2) is 6.14. The molecular weight excluding hydrogens is 328 g/mol. The Balaban J connectivity index is 1.77. The van der Waals surface area contributed by atoms with Crippen molar-refractivity contribution in [3.8, 4) is 5.75 Å². The average Bonchev–Trinajstić information content (AvgIpc) is 2.53. The zero-order valence-corrected chi connectivity index (χ0v) is 13.2. The molecule has 3 aromatic rings. The van der Waals surface area contributed by atoms with Gasteiger partial charge in [0, 0.05) is 11.5 Å². The second-order valence-corrected chi connectivity index (χ2v) is 5.62. The highest BCUT2D eigenvalue weighted by Gasteiger charge is 2.01. The highest BCUT2D eigenvalue weighted by molar-refractivity contribution is 9.10. The molecule has 1 heterocycles. The van der Waals surface area contributed by atoms with Crippen LogP contribution in [-0.4, -0.2) is 12.0 Å². The molecule has 21 heavy (non-hydrogen) atoms. The number of nitrogens with zero attached hydrogens (tertiary/aromatic N) is 1. The van der Waals surface area contributed by atoms with Crippen molar-refractivity contribution >= 4 is 32.5 Å². The van der Waals surface area contributed by atoms with E-state index in [1.54, 1.807) is 0 Å². The van der Waals surface area contributed by atoms with E-state index in [9.17, 15) is 0 Å². The highest BCUT2D eigenvalue weighted by atomic mass is 79.9. The maximum atomic E-state index is 5.83. The number of aromatic nitrogens is 1. The van der Waals surface area contributed by atoms with Crippen LogP contribution < -0.4 is 10.1 Å². The molecule has 0 saturated carbocycles. The largest absolute Gasteiger partial charge is 0.487 e. The van der Waals surface area contributed by atoms with Crippen molar-refractivity contribution in [1.29, 1.82) is 0 Å². The number of ether oxygens (including phenoxy) is 1. The maximum Gasteiger partial charge on any atom is 0.130 e. The van der Waals surface area contributed by atoms with E-state index in [1.165, 1.54) is 5.39 Å². The van der Waals surface area contributed by atoms with Crippen LogP contribution in [0.4, 0.5) is 5.82 Å². The van der Waals surface area contributed by atoms with Crippen LogP contribution in [0.5, 0.6) is 5.75 Å². The Hall–Kier alpha value is -2.07. The van der Waals surface area contributed by atoms with Crippen LogP contribution >= 0.6 is 15.9 Å². The Bertz CT molecular complexity index is 774. The van der Waals surface area contributed by atoms with Crippen LogP contribution in [0.3, 0.4) is 0 Å². The first-order valence-electron chi connectivity index (χ1n) is 6.70. The van der Waals surface area contributed by atoms with Gasteiger partial charge in [0.2, 0.25) is 0 Å². The summed E-state index contributed by atoms with van der Waals surface area (Å²) in [5.41, 5.74) is 0.901. The summed E-state index contributed by atoms with van der Waals surface area (Å²) in [6, 6.07) is 18.1. The van der Waals surface area contributed by atoms with Crippen molar-refractivity contribution in [3.05, 3.63) is 64.8 Å². The summed E-state index contributed by atoms with van der Waals surface area (Å²) in [7, 11) is 1.86. The Morgan fingerprint density at radius 1 is 1.05 bits per heavy atom. The summed E-state index contributed by atoms with van der Waals surface area (Å²) in [6.45, 7) is 0.456. The molecule has 0 aliphatic heterocycles. The molecular formula is C17H15BrN2O. The first kappa shape index (κ1) is 13.9. The fourth-order valence-electron chi connectivity index (χ4n) is 2.14. The lowest BCUT2D eigenvalue weighted by Gasteiger charge is -2.08. The van der Waals surface area contributed by atoms with Gasteiger partial charge in [-0.2, -0.15) is 0 Å². The quantitative estimate of drug-likeness (QED) is 0.751. The monoisotopic (exact) mass is 342 g/mol. The van der Waals surface area contributed by atoms with E-state index in [0.717, 1.165) is 27.1 Å². The smallest absolute Gasteiger partial charge is 0.130 e. The van der Waals surface area contributed by atoms with Crippen molar-refractivity contribution in [1.82, 2.24) is 4.98 Å². The normalized spacial score (nSPS) is 10.6. The zero-order valence-electron chi connectivity index (χ0n) is 11.6. The molecule has 0 fully saturated rings. The molecule has 1 N–H and O–H groups in total. The molecule has 4 heteroatoms. The summed E-state index contributed by atoms with van der Waals surface area (Å²) in [5.74, 6) is 1.70. The number of hydrogen-bond acceptors (Lipinski definition) is 3. The molecule has 0 aliphatic rings. The Morgan fingerprint density at radius 2 is 1.86 bits per heavy atom. The van der Waals surface area contributed by atoms with Gasteiger partial charge in [0.1, 0.15) is 18.2 Å². The fraction of sp³-hybridized carbons (Fsp3) is 0.118. The lowest BCUT2D eigenvalue weighted by atomic mass is 10.1. The molecule has 106 valence electrons. The topological polar surface area (TPSA) is 34.1 Å². The van der Waals surface area contributed by atoms with Crippen LogP contribution in [0.1, 0.15) is 5.69 Å². The lowest BCUT2D eigenvalue weighted by molar-refractivity contribution is 0.302. The van der Waals surface area contributed by atoms with E-state index < -0.39 is 0 Å². The predicted octanol–water partition coefficient (Wildman–Crippen LogP) is 4.62. The first-order chi connectivity index (χ1) is 10.2. The number of halogens is 1. The SMILES string of the molecule is CNc1cccc(COc2ccc3cc(Br)ccc3c2)n1. The van der Waals surface area contributed by atoms with Crippen molar-refractivity contribution in [2.45, 2.75) is 6.61 Å². The standard InChI is InChI=1S/C17H15BrN2O/c1-19-17-4-2-3-15(20-17)11-21-16-8-6-12-9-14(18)7-5-13(12)10-16/h2-10H,11H2,1H3,(H,19,20).